The molecule has 0 bridgehead atoms. The van der Waals surface area contributed by atoms with E-state index in [-0.39, 0.29) is 5.91 Å². The summed E-state index contributed by atoms with van der Waals surface area (Å²) in [7, 11) is 0. The van der Waals surface area contributed by atoms with Crippen molar-refractivity contribution in [3.63, 3.8) is 0 Å². The maximum Gasteiger partial charge on any atom is 0.227 e. The molecule has 1 aromatic rings. The van der Waals surface area contributed by atoms with Crippen LogP contribution in [-0.2, 0) is 4.79 Å². The van der Waals surface area contributed by atoms with Crippen molar-refractivity contribution in [1.29, 1.82) is 0 Å². The number of amides is 1. The summed E-state index contributed by atoms with van der Waals surface area (Å²) in [4.78, 5) is 19.5. The second-order valence-corrected chi connectivity index (χ2v) is 8.48. The molecule has 0 radical (unpaired) electrons. The van der Waals surface area contributed by atoms with E-state index in [1.54, 1.807) is 0 Å². The van der Waals surface area contributed by atoms with Gasteiger partial charge in [-0.05, 0) is 53.0 Å². The number of hydrogen-bond acceptors (Lipinski definition) is 3. The predicted octanol–water partition coefficient (Wildman–Crippen LogP) is 2.93. The number of carbonyl (C=O) groups excluding carboxylic acids is 1. The lowest BCUT2D eigenvalue weighted by Gasteiger charge is -2.37. The van der Waals surface area contributed by atoms with Gasteiger partial charge in [0.2, 0.25) is 5.91 Å². The molecule has 6 heteroatoms. The van der Waals surface area contributed by atoms with Gasteiger partial charge in [0.15, 0.2) is 5.96 Å². The standard InChI is InChI=1S/C23H39N5O/c1-6-24-21(29)23(4,5)17-26-22(25-7-2)27-20-13-15-28(16-14-20)18(3)19-11-9-8-10-12-19/h8-12,18,20H,6-7,13-17H2,1-5H3,(H,24,29)(H2,25,26,27). The molecule has 1 unspecified atom stereocenters. The molecule has 1 heterocycles. The van der Waals surface area contributed by atoms with E-state index in [9.17, 15) is 4.79 Å². The first-order valence-corrected chi connectivity index (χ1v) is 11.0. The smallest absolute Gasteiger partial charge is 0.227 e. The molecule has 0 aliphatic carbocycles. The van der Waals surface area contributed by atoms with Gasteiger partial charge in [-0.3, -0.25) is 14.7 Å². The molecule has 1 fully saturated rings. The molecule has 0 aromatic heterocycles. The first-order chi connectivity index (χ1) is 13.9. The van der Waals surface area contributed by atoms with E-state index in [1.807, 2.05) is 20.8 Å². The molecule has 162 valence electrons. The van der Waals surface area contributed by atoms with Crippen LogP contribution in [-0.4, -0.2) is 55.5 Å². The Balaban J connectivity index is 1.89. The monoisotopic (exact) mass is 401 g/mol. The minimum atomic E-state index is -0.521. The lowest BCUT2D eigenvalue weighted by atomic mass is 9.92. The average Bonchev–Trinajstić information content (AvgIpc) is 2.73. The fourth-order valence-electron chi connectivity index (χ4n) is 3.64. The fourth-order valence-corrected chi connectivity index (χ4v) is 3.64. The van der Waals surface area contributed by atoms with E-state index in [1.165, 1.54) is 5.56 Å². The molecule has 1 aliphatic heterocycles. The lowest BCUT2D eigenvalue weighted by molar-refractivity contribution is -0.128. The zero-order chi connectivity index (χ0) is 21.3. The van der Waals surface area contributed by atoms with Crippen LogP contribution in [0.5, 0.6) is 0 Å². The van der Waals surface area contributed by atoms with E-state index < -0.39 is 5.41 Å². The topological polar surface area (TPSA) is 68.8 Å². The third kappa shape index (κ3) is 7.03. The summed E-state index contributed by atoms with van der Waals surface area (Å²) in [6.07, 6.45) is 2.17. The van der Waals surface area contributed by atoms with E-state index in [4.69, 9.17) is 4.99 Å². The quantitative estimate of drug-likeness (QED) is 0.463. The van der Waals surface area contributed by atoms with Crippen LogP contribution in [0.1, 0.15) is 59.1 Å². The normalized spacial score (nSPS) is 17.6. The number of carbonyl (C=O) groups is 1. The van der Waals surface area contributed by atoms with Crippen LogP contribution in [0.25, 0.3) is 0 Å². The molecule has 3 N–H and O–H groups in total. The summed E-state index contributed by atoms with van der Waals surface area (Å²) in [6.45, 7) is 14.2. The number of nitrogens with zero attached hydrogens (tertiary/aromatic N) is 2. The summed E-state index contributed by atoms with van der Waals surface area (Å²) in [6, 6.07) is 11.6. The number of nitrogens with one attached hydrogen (secondary N) is 3. The molecule has 1 amide bonds. The van der Waals surface area contributed by atoms with Crippen LogP contribution in [0.15, 0.2) is 35.3 Å². The Morgan fingerprint density at radius 2 is 1.76 bits per heavy atom. The van der Waals surface area contributed by atoms with Gasteiger partial charge >= 0.3 is 0 Å². The van der Waals surface area contributed by atoms with Crippen molar-refractivity contribution in [2.45, 2.75) is 59.5 Å². The van der Waals surface area contributed by atoms with Crippen LogP contribution < -0.4 is 16.0 Å². The molecule has 1 atom stereocenters. The summed E-state index contributed by atoms with van der Waals surface area (Å²) in [5.74, 6) is 0.849. The molecule has 0 saturated carbocycles. The molecule has 1 saturated heterocycles. The van der Waals surface area contributed by atoms with Crippen LogP contribution in [0, 0.1) is 5.41 Å². The van der Waals surface area contributed by atoms with Gasteiger partial charge in [0, 0.05) is 38.3 Å². The summed E-state index contributed by atoms with van der Waals surface area (Å²) >= 11 is 0. The van der Waals surface area contributed by atoms with Gasteiger partial charge < -0.3 is 16.0 Å². The Morgan fingerprint density at radius 3 is 2.34 bits per heavy atom. The molecule has 2 rings (SSSR count). The highest BCUT2D eigenvalue weighted by Crippen LogP contribution is 2.24. The van der Waals surface area contributed by atoms with E-state index >= 15 is 0 Å². The Labute approximate surface area is 176 Å². The van der Waals surface area contributed by atoms with Crippen LogP contribution in [0.3, 0.4) is 0 Å². The number of benzene rings is 1. The van der Waals surface area contributed by atoms with Gasteiger partial charge in [0.05, 0.1) is 12.0 Å². The van der Waals surface area contributed by atoms with E-state index in [0.717, 1.165) is 38.4 Å². The highest BCUT2D eigenvalue weighted by molar-refractivity contribution is 5.83. The van der Waals surface area contributed by atoms with Gasteiger partial charge in [-0.2, -0.15) is 0 Å². The van der Waals surface area contributed by atoms with Gasteiger partial charge in [-0.15, -0.1) is 0 Å². The zero-order valence-electron chi connectivity index (χ0n) is 18.8. The summed E-state index contributed by atoms with van der Waals surface area (Å²) < 4.78 is 0. The van der Waals surface area contributed by atoms with Gasteiger partial charge in [0.1, 0.15) is 0 Å². The van der Waals surface area contributed by atoms with Crippen molar-refractivity contribution >= 4 is 11.9 Å². The third-order valence-corrected chi connectivity index (χ3v) is 5.63. The molecule has 0 spiro atoms. The number of hydrogen-bond donors (Lipinski definition) is 3. The second-order valence-electron chi connectivity index (χ2n) is 8.48. The Kier molecular flexibility index (Phi) is 8.96. The largest absolute Gasteiger partial charge is 0.357 e. The Morgan fingerprint density at radius 1 is 1.14 bits per heavy atom. The SMILES string of the molecule is CCNC(=O)C(C)(C)CN=C(NCC)NC1CCN(C(C)c2ccccc2)CC1. The first kappa shape index (κ1) is 23.2. The van der Waals surface area contributed by atoms with Crippen LogP contribution >= 0.6 is 0 Å². The lowest BCUT2D eigenvalue weighted by Crippen LogP contribution is -2.49. The Bertz CT molecular complexity index is 650. The number of piperidine rings is 1. The van der Waals surface area contributed by atoms with Crippen molar-refractivity contribution in [2.24, 2.45) is 10.4 Å². The predicted molar refractivity (Wildman–Crippen MR) is 121 cm³/mol. The number of aliphatic imine (C=N–C) groups is 1. The van der Waals surface area contributed by atoms with Gasteiger partial charge in [-0.25, -0.2) is 0 Å². The van der Waals surface area contributed by atoms with Crippen LogP contribution in [0.2, 0.25) is 0 Å². The maximum atomic E-state index is 12.2. The number of rotatable bonds is 8. The van der Waals surface area contributed by atoms with Crippen molar-refractivity contribution < 1.29 is 4.79 Å². The van der Waals surface area contributed by atoms with E-state index in [2.05, 4.69) is 65.0 Å². The third-order valence-electron chi connectivity index (χ3n) is 5.63. The Hall–Kier alpha value is -2.08. The fraction of sp³-hybridized carbons (Fsp3) is 0.652. The summed E-state index contributed by atoms with van der Waals surface area (Å²) in [5.41, 5.74) is 0.855. The molecule has 1 aliphatic rings. The van der Waals surface area contributed by atoms with Crippen LogP contribution in [0.4, 0.5) is 0 Å². The minimum absolute atomic E-state index is 0.0443. The van der Waals surface area contributed by atoms with E-state index in [0.29, 0.717) is 25.2 Å². The zero-order valence-corrected chi connectivity index (χ0v) is 18.8. The highest BCUT2D eigenvalue weighted by Gasteiger charge is 2.28. The highest BCUT2D eigenvalue weighted by atomic mass is 16.2. The van der Waals surface area contributed by atoms with Crippen molar-refractivity contribution in [2.75, 3.05) is 32.7 Å². The van der Waals surface area contributed by atoms with Crippen molar-refractivity contribution in [3.05, 3.63) is 35.9 Å². The molecular formula is C23H39N5O. The molecule has 29 heavy (non-hydrogen) atoms. The van der Waals surface area contributed by atoms with Gasteiger partial charge in [0.25, 0.3) is 0 Å². The number of likely N-dealkylation sites (tertiary alicyclic amines) is 1. The second kappa shape index (κ2) is 11.2. The van der Waals surface area contributed by atoms with Gasteiger partial charge in [-0.1, -0.05) is 30.3 Å². The first-order valence-electron chi connectivity index (χ1n) is 11.0. The maximum absolute atomic E-state index is 12.2. The van der Waals surface area contributed by atoms with Crippen molar-refractivity contribution in [1.82, 2.24) is 20.9 Å². The number of guanidine groups is 1. The minimum Gasteiger partial charge on any atom is -0.357 e. The average molecular weight is 402 g/mol. The molecular weight excluding hydrogens is 362 g/mol. The summed E-state index contributed by atoms with van der Waals surface area (Å²) in [5, 5.41) is 9.80. The molecule has 6 nitrogen and oxygen atoms in total. The molecule has 1 aromatic carbocycles. The van der Waals surface area contributed by atoms with Crippen molar-refractivity contribution in [3.8, 4) is 0 Å².